The minimum absolute atomic E-state index is 0.108. The second kappa shape index (κ2) is 5.67. The molecular weight excluding hydrogens is 238 g/mol. The Labute approximate surface area is 113 Å². The van der Waals surface area contributed by atoms with E-state index in [1.54, 1.807) is 4.68 Å². The Hall–Kier alpha value is -2.14. The quantitative estimate of drug-likeness (QED) is 0.627. The Bertz CT molecular complexity index is 573. The molecule has 0 spiro atoms. The maximum absolute atomic E-state index is 7.45. The molecule has 0 saturated heterocycles. The average Bonchev–Trinajstić information content (AvgIpc) is 2.74. The SMILES string of the molecule is CN(Cc1cccc(C(=N)N)c1)Cc1cnn(C)c1. The van der Waals surface area contributed by atoms with Crippen molar-refractivity contribution in [3.8, 4) is 0 Å². The summed E-state index contributed by atoms with van der Waals surface area (Å²) in [6.07, 6.45) is 3.89. The van der Waals surface area contributed by atoms with E-state index in [2.05, 4.69) is 17.0 Å². The number of nitrogens with zero attached hydrogens (tertiary/aromatic N) is 3. The van der Waals surface area contributed by atoms with E-state index in [-0.39, 0.29) is 5.84 Å². The van der Waals surface area contributed by atoms with Crippen LogP contribution in [0.1, 0.15) is 16.7 Å². The van der Waals surface area contributed by atoms with Gasteiger partial charge in [0.2, 0.25) is 0 Å². The highest BCUT2D eigenvalue weighted by Crippen LogP contribution is 2.09. The molecule has 2 rings (SSSR count). The van der Waals surface area contributed by atoms with Crippen molar-refractivity contribution < 1.29 is 0 Å². The van der Waals surface area contributed by atoms with Crippen LogP contribution in [0.5, 0.6) is 0 Å². The van der Waals surface area contributed by atoms with Crippen molar-refractivity contribution >= 4 is 5.84 Å². The van der Waals surface area contributed by atoms with Crippen LogP contribution in [0, 0.1) is 5.41 Å². The highest BCUT2D eigenvalue weighted by atomic mass is 15.2. The predicted molar refractivity (Wildman–Crippen MR) is 75.8 cm³/mol. The molecule has 100 valence electrons. The van der Waals surface area contributed by atoms with E-state index in [1.165, 1.54) is 5.56 Å². The number of nitrogen functional groups attached to an aromatic ring is 1. The lowest BCUT2D eigenvalue weighted by Gasteiger charge is -2.16. The summed E-state index contributed by atoms with van der Waals surface area (Å²) in [4.78, 5) is 2.20. The Morgan fingerprint density at radius 3 is 2.74 bits per heavy atom. The van der Waals surface area contributed by atoms with Crippen LogP contribution in [0.2, 0.25) is 0 Å². The third kappa shape index (κ3) is 3.66. The number of amidine groups is 1. The van der Waals surface area contributed by atoms with Gasteiger partial charge < -0.3 is 5.73 Å². The number of aryl methyl sites for hydroxylation is 1. The van der Waals surface area contributed by atoms with Crippen LogP contribution in [0.3, 0.4) is 0 Å². The topological polar surface area (TPSA) is 70.9 Å². The minimum atomic E-state index is 0.108. The normalized spacial score (nSPS) is 10.9. The molecule has 0 fully saturated rings. The number of nitrogens with two attached hydrogens (primary N) is 1. The van der Waals surface area contributed by atoms with Gasteiger partial charge in [0.05, 0.1) is 6.20 Å². The van der Waals surface area contributed by atoms with Crippen molar-refractivity contribution in [3.63, 3.8) is 0 Å². The summed E-state index contributed by atoms with van der Waals surface area (Å²) in [5.74, 6) is 0.108. The van der Waals surface area contributed by atoms with Gasteiger partial charge in [-0.1, -0.05) is 18.2 Å². The third-order valence-electron chi connectivity index (χ3n) is 2.90. The minimum Gasteiger partial charge on any atom is -0.384 e. The van der Waals surface area contributed by atoms with Gasteiger partial charge in [-0.3, -0.25) is 15.0 Å². The number of benzene rings is 1. The van der Waals surface area contributed by atoms with Crippen molar-refractivity contribution in [2.75, 3.05) is 7.05 Å². The monoisotopic (exact) mass is 257 g/mol. The summed E-state index contributed by atoms with van der Waals surface area (Å²) in [7, 11) is 3.98. The van der Waals surface area contributed by atoms with Gasteiger partial charge in [-0.25, -0.2) is 0 Å². The van der Waals surface area contributed by atoms with E-state index in [4.69, 9.17) is 11.1 Å². The highest BCUT2D eigenvalue weighted by Gasteiger charge is 2.05. The van der Waals surface area contributed by atoms with E-state index >= 15 is 0 Å². The fourth-order valence-corrected chi connectivity index (χ4v) is 2.07. The summed E-state index contributed by atoms with van der Waals surface area (Å²) in [6.45, 7) is 1.66. The summed E-state index contributed by atoms with van der Waals surface area (Å²) in [5, 5.41) is 11.6. The van der Waals surface area contributed by atoms with Crippen molar-refractivity contribution in [3.05, 3.63) is 53.3 Å². The largest absolute Gasteiger partial charge is 0.384 e. The molecule has 0 aliphatic carbocycles. The number of hydrogen-bond acceptors (Lipinski definition) is 3. The Balaban J connectivity index is 2.00. The summed E-state index contributed by atoms with van der Waals surface area (Å²) in [5.41, 5.74) is 8.61. The van der Waals surface area contributed by atoms with Crippen molar-refractivity contribution in [1.29, 1.82) is 5.41 Å². The average molecular weight is 257 g/mol. The molecule has 0 bridgehead atoms. The molecule has 0 unspecified atom stereocenters. The van der Waals surface area contributed by atoms with Crippen molar-refractivity contribution in [1.82, 2.24) is 14.7 Å². The van der Waals surface area contributed by atoms with Gasteiger partial charge in [0, 0.05) is 37.5 Å². The van der Waals surface area contributed by atoms with Crippen LogP contribution in [0.25, 0.3) is 0 Å². The number of aromatic nitrogens is 2. The Morgan fingerprint density at radius 2 is 2.11 bits per heavy atom. The van der Waals surface area contributed by atoms with E-state index < -0.39 is 0 Å². The number of hydrogen-bond donors (Lipinski definition) is 2. The van der Waals surface area contributed by atoms with Gasteiger partial charge in [0.1, 0.15) is 5.84 Å². The van der Waals surface area contributed by atoms with E-state index in [1.807, 2.05) is 43.7 Å². The first kappa shape index (κ1) is 13.3. The van der Waals surface area contributed by atoms with Crippen LogP contribution >= 0.6 is 0 Å². The van der Waals surface area contributed by atoms with E-state index in [0.717, 1.165) is 24.2 Å². The van der Waals surface area contributed by atoms with E-state index in [0.29, 0.717) is 0 Å². The maximum atomic E-state index is 7.45. The lowest BCUT2D eigenvalue weighted by Crippen LogP contribution is -2.18. The molecule has 1 heterocycles. The van der Waals surface area contributed by atoms with Crippen LogP contribution in [-0.2, 0) is 20.1 Å². The third-order valence-corrected chi connectivity index (χ3v) is 2.90. The zero-order valence-corrected chi connectivity index (χ0v) is 11.3. The number of nitrogens with one attached hydrogen (secondary N) is 1. The second-order valence-electron chi connectivity index (χ2n) is 4.81. The summed E-state index contributed by atoms with van der Waals surface area (Å²) < 4.78 is 1.81. The standard InChI is InChI=1S/C14H19N5/c1-18(9-12-7-17-19(2)10-12)8-11-4-3-5-13(6-11)14(15)16/h3-7,10H,8-9H2,1-2H3,(H3,15,16). The van der Waals surface area contributed by atoms with Crippen molar-refractivity contribution in [2.45, 2.75) is 13.1 Å². The highest BCUT2D eigenvalue weighted by molar-refractivity contribution is 5.95. The molecule has 19 heavy (non-hydrogen) atoms. The summed E-state index contributed by atoms with van der Waals surface area (Å²) in [6, 6.07) is 7.80. The maximum Gasteiger partial charge on any atom is 0.122 e. The second-order valence-corrected chi connectivity index (χ2v) is 4.81. The Kier molecular flexibility index (Phi) is 3.97. The van der Waals surface area contributed by atoms with Gasteiger partial charge >= 0.3 is 0 Å². The molecule has 0 aliphatic heterocycles. The zero-order valence-electron chi connectivity index (χ0n) is 11.3. The van der Waals surface area contributed by atoms with Crippen LogP contribution < -0.4 is 5.73 Å². The zero-order chi connectivity index (χ0) is 13.8. The van der Waals surface area contributed by atoms with Gasteiger partial charge in [0.25, 0.3) is 0 Å². The molecule has 1 aromatic carbocycles. The molecule has 0 amide bonds. The fourth-order valence-electron chi connectivity index (χ4n) is 2.07. The van der Waals surface area contributed by atoms with Crippen LogP contribution in [0.4, 0.5) is 0 Å². The van der Waals surface area contributed by atoms with Gasteiger partial charge in [0.15, 0.2) is 0 Å². The van der Waals surface area contributed by atoms with E-state index in [9.17, 15) is 0 Å². The number of rotatable bonds is 5. The lowest BCUT2D eigenvalue weighted by molar-refractivity contribution is 0.319. The van der Waals surface area contributed by atoms with Gasteiger partial charge in [-0.2, -0.15) is 5.10 Å². The smallest absolute Gasteiger partial charge is 0.122 e. The molecule has 3 N–H and O–H groups in total. The predicted octanol–water partition coefficient (Wildman–Crippen LogP) is 1.34. The molecule has 5 heteroatoms. The van der Waals surface area contributed by atoms with Crippen LogP contribution in [0.15, 0.2) is 36.7 Å². The first-order valence-corrected chi connectivity index (χ1v) is 6.14. The molecule has 1 aromatic heterocycles. The lowest BCUT2D eigenvalue weighted by atomic mass is 10.1. The molecule has 0 atom stereocenters. The fraction of sp³-hybridized carbons (Fsp3) is 0.286. The van der Waals surface area contributed by atoms with Crippen molar-refractivity contribution in [2.24, 2.45) is 12.8 Å². The molecule has 0 aliphatic rings. The molecule has 0 saturated carbocycles. The Morgan fingerprint density at radius 1 is 1.37 bits per heavy atom. The summed E-state index contributed by atoms with van der Waals surface area (Å²) >= 11 is 0. The first-order valence-electron chi connectivity index (χ1n) is 6.14. The molecule has 5 nitrogen and oxygen atoms in total. The molecule has 0 radical (unpaired) electrons. The van der Waals surface area contributed by atoms with Gasteiger partial charge in [-0.15, -0.1) is 0 Å². The molecular formula is C14H19N5. The van der Waals surface area contributed by atoms with Crippen LogP contribution in [-0.4, -0.2) is 27.6 Å². The molecule has 2 aromatic rings. The van der Waals surface area contributed by atoms with Gasteiger partial charge in [-0.05, 0) is 18.7 Å². The first-order chi connectivity index (χ1) is 9.04.